The molecule has 0 saturated carbocycles. The number of amides is 2. The molecule has 0 aliphatic carbocycles. The largest absolute Gasteiger partial charge is 0.497 e. The van der Waals surface area contributed by atoms with Crippen molar-refractivity contribution >= 4 is 23.2 Å². The van der Waals surface area contributed by atoms with E-state index in [4.69, 9.17) is 9.47 Å². The molecule has 24 heavy (non-hydrogen) atoms. The number of hydrogen-bond acceptors (Lipinski definition) is 4. The van der Waals surface area contributed by atoms with Gasteiger partial charge in [-0.25, -0.2) is 0 Å². The van der Waals surface area contributed by atoms with E-state index < -0.39 is 0 Å². The molecule has 0 unspecified atom stereocenters. The smallest absolute Gasteiger partial charge is 0.250 e. The summed E-state index contributed by atoms with van der Waals surface area (Å²) >= 11 is 0. The van der Waals surface area contributed by atoms with Gasteiger partial charge in [-0.3, -0.25) is 9.59 Å². The first-order chi connectivity index (χ1) is 11.6. The van der Waals surface area contributed by atoms with Crippen molar-refractivity contribution in [1.82, 2.24) is 0 Å². The second kappa shape index (κ2) is 8.69. The molecule has 0 aliphatic heterocycles. The molecule has 0 fully saturated rings. The van der Waals surface area contributed by atoms with Crippen LogP contribution in [-0.2, 0) is 14.3 Å². The molecule has 2 N–H and O–H groups in total. The van der Waals surface area contributed by atoms with E-state index >= 15 is 0 Å². The highest BCUT2D eigenvalue weighted by Gasteiger charge is 2.06. The van der Waals surface area contributed by atoms with Gasteiger partial charge in [0.05, 0.1) is 7.11 Å². The minimum Gasteiger partial charge on any atom is -0.497 e. The quantitative estimate of drug-likeness (QED) is 0.819. The lowest BCUT2D eigenvalue weighted by Gasteiger charge is -2.08. The van der Waals surface area contributed by atoms with E-state index in [-0.39, 0.29) is 25.0 Å². The Morgan fingerprint density at radius 1 is 0.917 bits per heavy atom. The average Bonchev–Trinajstić information content (AvgIpc) is 2.55. The molecule has 2 rings (SSSR count). The fourth-order valence-electron chi connectivity index (χ4n) is 2.03. The molecule has 2 amide bonds. The molecule has 0 bridgehead atoms. The van der Waals surface area contributed by atoms with Gasteiger partial charge in [-0.1, -0.05) is 12.1 Å². The van der Waals surface area contributed by atoms with Crippen LogP contribution in [0.2, 0.25) is 0 Å². The van der Waals surface area contributed by atoms with Crippen molar-refractivity contribution in [2.75, 3.05) is 31.0 Å². The van der Waals surface area contributed by atoms with Crippen molar-refractivity contribution in [2.45, 2.75) is 6.92 Å². The summed E-state index contributed by atoms with van der Waals surface area (Å²) in [6, 6.07) is 14.4. The zero-order valence-electron chi connectivity index (χ0n) is 13.7. The van der Waals surface area contributed by atoms with Crippen molar-refractivity contribution < 1.29 is 19.1 Å². The van der Waals surface area contributed by atoms with Gasteiger partial charge in [-0.15, -0.1) is 0 Å². The number of carbonyl (C=O) groups is 2. The number of rotatable bonds is 7. The van der Waals surface area contributed by atoms with E-state index in [9.17, 15) is 9.59 Å². The number of ether oxygens (including phenoxy) is 2. The summed E-state index contributed by atoms with van der Waals surface area (Å²) in [5.41, 5.74) is 2.38. The molecular formula is C18H20N2O4. The maximum absolute atomic E-state index is 11.8. The van der Waals surface area contributed by atoms with E-state index in [2.05, 4.69) is 10.6 Å². The zero-order chi connectivity index (χ0) is 17.4. The summed E-state index contributed by atoms with van der Waals surface area (Å²) in [6.45, 7) is 1.55. The van der Waals surface area contributed by atoms with E-state index in [0.717, 1.165) is 5.56 Å². The average molecular weight is 328 g/mol. The lowest BCUT2D eigenvalue weighted by Crippen LogP contribution is -2.23. The third kappa shape index (κ3) is 5.73. The number of hydrogen-bond donors (Lipinski definition) is 2. The Bertz CT molecular complexity index is 698. The molecule has 2 aromatic carbocycles. The van der Waals surface area contributed by atoms with Crippen LogP contribution in [-0.4, -0.2) is 32.1 Å². The van der Waals surface area contributed by atoms with E-state index in [1.165, 1.54) is 0 Å². The first kappa shape index (κ1) is 17.5. The summed E-state index contributed by atoms with van der Waals surface area (Å²) in [5.74, 6) is 0.0680. The first-order valence-electron chi connectivity index (χ1n) is 7.45. The summed E-state index contributed by atoms with van der Waals surface area (Å²) in [6.07, 6.45) is 0. The van der Waals surface area contributed by atoms with Gasteiger partial charge in [0, 0.05) is 11.4 Å². The Labute approximate surface area is 140 Å². The third-order valence-corrected chi connectivity index (χ3v) is 3.14. The van der Waals surface area contributed by atoms with Crippen molar-refractivity contribution in [1.29, 1.82) is 0 Å². The molecule has 0 atom stereocenters. The predicted molar refractivity (Wildman–Crippen MR) is 92.3 cm³/mol. The minimum absolute atomic E-state index is 0.191. The Morgan fingerprint density at radius 2 is 1.54 bits per heavy atom. The highest BCUT2D eigenvalue weighted by atomic mass is 16.5. The Kier molecular flexibility index (Phi) is 6.33. The molecule has 6 nitrogen and oxygen atoms in total. The molecule has 126 valence electrons. The Morgan fingerprint density at radius 3 is 2.12 bits per heavy atom. The van der Waals surface area contributed by atoms with Crippen LogP contribution in [0.3, 0.4) is 0 Å². The summed E-state index contributed by atoms with van der Waals surface area (Å²) in [4.78, 5) is 23.5. The Balaban J connectivity index is 1.70. The van der Waals surface area contributed by atoms with E-state index in [1.807, 2.05) is 25.1 Å². The minimum atomic E-state index is -0.330. The second-order valence-corrected chi connectivity index (χ2v) is 5.19. The highest BCUT2D eigenvalue weighted by Crippen LogP contribution is 2.14. The van der Waals surface area contributed by atoms with Crippen LogP contribution >= 0.6 is 0 Å². The Hall–Kier alpha value is -2.86. The molecule has 0 aliphatic rings. The van der Waals surface area contributed by atoms with Gasteiger partial charge in [0.2, 0.25) is 11.8 Å². The number of benzene rings is 2. The van der Waals surface area contributed by atoms with Crippen molar-refractivity contribution in [3.63, 3.8) is 0 Å². The summed E-state index contributed by atoms with van der Waals surface area (Å²) in [5, 5.41) is 5.38. The van der Waals surface area contributed by atoms with Crippen LogP contribution in [0.25, 0.3) is 0 Å². The number of aryl methyl sites for hydroxylation is 1. The maximum atomic E-state index is 11.8. The number of nitrogens with one attached hydrogen (secondary N) is 2. The predicted octanol–water partition coefficient (Wildman–Crippen LogP) is 2.60. The van der Waals surface area contributed by atoms with Crippen LogP contribution in [0, 0.1) is 6.92 Å². The highest BCUT2D eigenvalue weighted by molar-refractivity contribution is 5.93. The molecule has 0 saturated heterocycles. The van der Waals surface area contributed by atoms with Gasteiger partial charge in [-0.05, 0) is 48.9 Å². The topological polar surface area (TPSA) is 76.7 Å². The first-order valence-corrected chi connectivity index (χ1v) is 7.45. The van der Waals surface area contributed by atoms with Crippen LogP contribution in [0.4, 0.5) is 11.4 Å². The van der Waals surface area contributed by atoms with Crippen LogP contribution in [0.5, 0.6) is 5.75 Å². The van der Waals surface area contributed by atoms with Crippen LogP contribution < -0.4 is 15.4 Å². The second-order valence-electron chi connectivity index (χ2n) is 5.19. The normalized spacial score (nSPS) is 10.1. The number of carbonyl (C=O) groups excluding carboxylic acids is 2. The van der Waals surface area contributed by atoms with Gasteiger partial charge in [0.25, 0.3) is 0 Å². The molecule has 6 heteroatoms. The van der Waals surface area contributed by atoms with Crippen LogP contribution in [0.1, 0.15) is 5.56 Å². The maximum Gasteiger partial charge on any atom is 0.250 e. The monoisotopic (exact) mass is 328 g/mol. The van der Waals surface area contributed by atoms with E-state index in [0.29, 0.717) is 17.1 Å². The fraction of sp³-hybridized carbons (Fsp3) is 0.222. The van der Waals surface area contributed by atoms with Gasteiger partial charge < -0.3 is 20.1 Å². The summed E-state index contributed by atoms with van der Waals surface area (Å²) < 4.78 is 10.2. The standard InChI is InChI=1S/C18H20N2O4/c1-13-4-3-5-15(10-13)20-18(22)12-24-11-17(21)19-14-6-8-16(23-2)9-7-14/h3-10H,11-12H2,1-2H3,(H,19,21)(H,20,22). The van der Waals surface area contributed by atoms with Crippen molar-refractivity contribution in [3.8, 4) is 5.75 Å². The van der Waals surface area contributed by atoms with Gasteiger partial charge in [0.15, 0.2) is 0 Å². The molecule has 0 spiro atoms. The van der Waals surface area contributed by atoms with Crippen molar-refractivity contribution in [3.05, 3.63) is 54.1 Å². The van der Waals surface area contributed by atoms with Gasteiger partial charge in [-0.2, -0.15) is 0 Å². The van der Waals surface area contributed by atoms with Crippen molar-refractivity contribution in [2.24, 2.45) is 0 Å². The number of methoxy groups -OCH3 is 1. The molecule has 0 radical (unpaired) electrons. The van der Waals surface area contributed by atoms with Crippen LogP contribution in [0.15, 0.2) is 48.5 Å². The third-order valence-electron chi connectivity index (χ3n) is 3.14. The van der Waals surface area contributed by atoms with Gasteiger partial charge in [0.1, 0.15) is 19.0 Å². The lowest BCUT2D eigenvalue weighted by atomic mass is 10.2. The molecular weight excluding hydrogens is 308 g/mol. The molecule has 0 aromatic heterocycles. The zero-order valence-corrected chi connectivity index (χ0v) is 13.7. The lowest BCUT2D eigenvalue weighted by molar-refractivity contribution is -0.125. The molecule has 2 aromatic rings. The fourth-order valence-corrected chi connectivity index (χ4v) is 2.03. The van der Waals surface area contributed by atoms with E-state index in [1.54, 1.807) is 37.4 Å². The number of anilines is 2. The SMILES string of the molecule is COc1ccc(NC(=O)COCC(=O)Nc2cccc(C)c2)cc1. The van der Waals surface area contributed by atoms with Gasteiger partial charge >= 0.3 is 0 Å². The molecule has 0 heterocycles. The summed E-state index contributed by atoms with van der Waals surface area (Å²) in [7, 11) is 1.57.